The number of carbonyl (C=O) groups excluding carboxylic acids is 2. The predicted molar refractivity (Wildman–Crippen MR) is 105 cm³/mol. The van der Waals surface area contributed by atoms with Gasteiger partial charge < -0.3 is 5.32 Å². The molecule has 29 heavy (non-hydrogen) atoms. The van der Waals surface area contributed by atoms with E-state index >= 15 is 0 Å². The van der Waals surface area contributed by atoms with Crippen LogP contribution in [0.1, 0.15) is 21.5 Å². The highest BCUT2D eigenvalue weighted by Gasteiger charge is 2.30. The molecule has 0 aliphatic rings. The Morgan fingerprint density at radius 2 is 1.79 bits per heavy atom. The van der Waals surface area contributed by atoms with E-state index in [1.807, 2.05) is 30.3 Å². The number of aromatic nitrogens is 2. The van der Waals surface area contributed by atoms with Gasteiger partial charge >= 0.3 is 6.18 Å². The zero-order valence-electron chi connectivity index (χ0n) is 14.8. The van der Waals surface area contributed by atoms with Crippen molar-refractivity contribution in [1.82, 2.24) is 10.2 Å². The van der Waals surface area contributed by atoms with Crippen molar-refractivity contribution in [3.05, 3.63) is 71.3 Å². The molecule has 1 aromatic heterocycles. The second kappa shape index (κ2) is 9.19. The highest BCUT2D eigenvalue weighted by Crippen LogP contribution is 2.30. The first-order chi connectivity index (χ1) is 13.8. The number of amides is 1. The van der Waals surface area contributed by atoms with Crippen molar-refractivity contribution in [2.75, 3.05) is 11.1 Å². The first kappa shape index (κ1) is 21.0. The number of ketones is 1. The van der Waals surface area contributed by atoms with Gasteiger partial charge in [-0.25, -0.2) is 0 Å². The second-order valence-electron chi connectivity index (χ2n) is 5.87. The van der Waals surface area contributed by atoms with Crippen LogP contribution in [0, 0.1) is 0 Å². The van der Waals surface area contributed by atoms with E-state index in [1.165, 1.54) is 12.1 Å². The molecule has 0 bridgehead atoms. The summed E-state index contributed by atoms with van der Waals surface area (Å²) in [5, 5.41) is 10.7. The third-order valence-corrected chi connectivity index (χ3v) is 5.67. The minimum atomic E-state index is -4.50. The second-order valence-corrected chi connectivity index (χ2v) is 8.07. The summed E-state index contributed by atoms with van der Waals surface area (Å²) in [6.07, 6.45) is -4.31. The lowest BCUT2D eigenvalue weighted by Crippen LogP contribution is -2.14. The largest absolute Gasteiger partial charge is 0.416 e. The van der Waals surface area contributed by atoms with E-state index in [9.17, 15) is 22.8 Å². The number of nitrogens with zero attached hydrogens (tertiary/aromatic N) is 2. The number of benzene rings is 2. The van der Waals surface area contributed by atoms with E-state index in [0.717, 1.165) is 40.8 Å². The number of Topliss-reactive ketones (excluding diaryl/α,β-unsaturated/α-hetero) is 1. The number of alkyl halides is 3. The number of nitrogens with one attached hydrogen (secondary N) is 1. The summed E-state index contributed by atoms with van der Waals surface area (Å²) < 4.78 is 38.7. The molecule has 0 atom stereocenters. The Hall–Kier alpha value is -2.72. The molecule has 0 unspecified atom stereocenters. The van der Waals surface area contributed by atoms with Crippen molar-refractivity contribution >= 4 is 39.9 Å². The van der Waals surface area contributed by atoms with E-state index in [1.54, 1.807) is 0 Å². The molecule has 0 aliphatic carbocycles. The van der Waals surface area contributed by atoms with Gasteiger partial charge in [0, 0.05) is 5.56 Å². The van der Waals surface area contributed by atoms with Crippen molar-refractivity contribution < 1.29 is 22.8 Å². The SMILES string of the molecule is O=C(Cc1ccccc1)Nc1nnc(SCC(=O)c2cccc(C(F)(F)F)c2)s1. The summed E-state index contributed by atoms with van der Waals surface area (Å²) in [6.45, 7) is 0. The van der Waals surface area contributed by atoms with Crippen LogP contribution in [0.25, 0.3) is 0 Å². The average Bonchev–Trinajstić information content (AvgIpc) is 3.13. The highest BCUT2D eigenvalue weighted by molar-refractivity contribution is 8.01. The molecule has 1 amide bonds. The smallest absolute Gasteiger partial charge is 0.300 e. The normalized spacial score (nSPS) is 11.3. The van der Waals surface area contributed by atoms with Gasteiger partial charge in [-0.2, -0.15) is 13.2 Å². The minimum Gasteiger partial charge on any atom is -0.300 e. The molecular formula is C19H14F3N3O2S2. The molecule has 2 aromatic carbocycles. The molecule has 0 saturated heterocycles. The summed E-state index contributed by atoms with van der Waals surface area (Å²) >= 11 is 2.14. The molecule has 5 nitrogen and oxygen atoms in total. The van der Waals surface area contributed by atoms with Gasteiger partial charge in [-0.05, 0) is 17.7 Å². The fourth-order valence-corrected chi connectivity index (χ4v) is 4.01. The van der Waals surface area contributed by atoms with Crippen LogP contribution < -0.4 is 5.32 Å². The molecule has 0 spiro atoms. The summed E-state index contributed by atoms with van der Waals surface area (Å²) in [6, 6.07) is 13.5. The average molecular weight is 437 g/mol. The fourth-order valence-electron chi connectivity index (χ4n) is 2.34. The number of halogens is 3. The quantitative estimate of drug-likeness (QED) is 0.329. The van der Waals surface area contributed by atoms with Gasteiger partial charge in [-0.3, -0.25) is 9.59 Å². The number of hydrogen-bond acceptors (Lipinski definition) is 6. The topological polar surface area (TPSA) is 72.0 Å². The van der Waals surface area contributed by atoms with Gasteiger partial charge in [0.2, 0.25) is 11.0 Å². The van der Waals surface area contributed by atoms with Crippen molar-refractivity contribution in [3.63, 3.8) is 0 Å². The van der Waals surface area contributed by atoms with Crippen molar-refractivity contribution in [2.45, 2.75) is 16.9 Å². The maximum absolute atomic E-state index is 12.8. The van der Waals surface area contributed by atoms with Crippen LogP contribution in [0.3, 0.4) is 0 Å². The molecule has 0 radical (unpaired) electrons. The van der Waals surface area contributed by atoms with Crippen LogP contribution in [0.4, 0.5) is 18.3 Å². The van der Waals surface area contributed by atoms with Gasteiger partial charge in [0.05, 0.1) is 17.7 Å². The van der Waals surface area contributed by atoms with Crippen LogP contribution in [-0.2, 0) is 17.4 Å². The van der Waals surface area contributed by atoms with E-state index in [-0.39, 0.29) is 23.6 Å². The lowest BCUT2D eigenvalue weighted by molar-refractivity contribution is -0.137. The Balaban J connectivity index is 1.54. The van der Waals surface area contributed by atoms with E-state index < -0.39 is 17.5 Å². The Morgan fingerprint density at radius 1 is 1.03 bits per heavy atom. The molecular weight excluding hydrogens is 423 g/mol. The molecule has 10 heteroatoms. The van der Waals surface area contributed by atoms with Gasteiger partial charge in [0.15, 0.2) is 10.1 Å². The summed E-state index contributed by atoms with van der Waals surface area (Å²) in [7, 11) is 0. The van der Waals surface area contributed by atoms with Crippen LogP contribution in [0.2, 0.25) is 0 Å². The number of anilines is 1. The first-order valence-electron chi connectivity index (χ1n) is 8.32. The molecule has 0 aliphatic heterocycles. The number of thioether (sulfide) groups is 1. The number of carbonyl (C=O) groups is 2. The molecule has 1 heterocycles. The molecule has 3 aromatic rings. The monoisotopic (exact) mass is 437 g/mol. The number of rotatable bonds is 7. The molecule has 150 valence electrons. The molecule has 1 N–H and O–H groups in total. The van der Waals surface area contributed by atoms with Crippen LogP contribution in [-0.4, -0.2) is 27.6 Å². The third-order valence-electron chi connectivity index (χ3n) is 3.70. The Kier molecular flexibility index (Phi) is 6.65. The molecule has 0 fully saturated rings. The van der Waals surface area contributed by atoms with E-state index in [0.29, 0.717) is 9.47 Å². The van der Waals surface area contributed by atoms with Gasteiger partial charge in [0.25, 0.3) is 0 Å². The van der Waals surface area contributed by atoms with E-state index in [2.05, 4.69) is 15.5 Å². The van der Waals surface area contributed by atoms with Gasteiger partial charge in [0.1, 0.15) is 0 Å². The lowest BCUT2D eigenvalue weighted by Gasteiger charge is -2.07. The molecule has 3 rings (SSSR count). The fraction of sp³-hybridized carbons (Fsp3) is 0.158. The maximum Gasteiger partial charge on any atom is 0.416 e. The van der Waals surface area contributed by atoms with Gasteiger partial charge in [-0.1, -0.05) is 65.6 Å². The predicted octanol–water partition coefficient (Wildman–Crippen LogP) is 4.71. The summed E-state index contributed by atoms with van der Waals surface area (Å²) in [5.41, 5.74) is -0.0308. The number of hydrogen-bond donors (Lipinski definition) is 1. The zero-order valence-corrected chi connectivity index (χ0v) is 16.4. The highest BCUT2D eigenvalue weighted by atomic mass is 32.2. The Bertz CT molecular complexity index is 1010. The maximum atomic E-state index is 12.8. The van der Waals surface area contributed by atoms with Crippen molar-refractivity contribution in [3.8, 4) is 0 Å². The van der Waals surface area contributed by atoms with Crippen molar-refractivity contribution in [1.29, 1.82) is 0 Å². The first-order valence-corrected chi connectivity index (χ1v) is 10.1. The third kappa shape index (κ3) is 6.13. The summed E-state index contributed by atoms with van der Waals surface area (Å²) in [5.74, 6) is -0.789. The Morgan fingerprint density at radius 3 is 2.52 bits per heavy atom. The lowest BCUT2D eigenvalue weighted by atomic mass is 10.1. The minimum absolute atomic E-state index is 0.0202. The van der Waals surface area contributed by atoms with Gasteiger partial charge in [-0.15, -0.1) is 10.2 Å². The zero-order chi connectivity index (χ0) is 20.9. The van der Waals surface area contributed by atoms with Crippen LogP contribution in [0.5, 0.6) is 0 Å². The van der Waals surface area contributed by atoms with E-state index in [4.69, 9.17) is 0 Å². The standard InChI is InChI=1S/C19H14F3N3O2S2/c20-19(21,22)14-8-4-7-13(10-14)15(26)11-28-18-25-24-17(29-18)23-16(27)9-12-5-2-1-3-6-12/h1-8,10H,9,11H2,(H,23,24,27). The van der Waals surface area contributed by atoms with Crippen LogP contribution >= 0.6 is 23.1 Å². The van der Waals surface area contributed by atoms with Crippen LogP contribution in [0.15, 0.2) is 58.9 Å². The summed E-state index contributed by atoms with van der Waals surface area (Å²) in [4.78, 5) is 24.2. The Labute approximate surface area is 172 Å². The van der Waals surface area contributed by atoms with Crippen molar-refractivity contribution in [2.24, 2.45) is 0 Å². The molecule has 0 saturated carbocycles.